The van der Waals surface area contributed by atoms with Gasteiger partial charge in [-0.25, -0.2) is 8.42 Å². The van der Waals surface area contributed by atoms with Crippen molar-refractivity contribution in [3.05, 3.63) is 23.3 Å². The highest BCUT2D eigenvalue weighted by Crippen LogP contribution is 2.48. The quantitative estimate of drug-likeness (QED) is 0.756. The van der Waals surface area contributed by atoms with Crippen molar-refractivity contribution in [3.63, 3.8) is 0 Å². The summed E-state index contributed by atoms with van der Waals surface area (Å²) in [6.07, 6.45) is 5.47. The molecule has 2 aliphatic rings. The SMILES string of the molecule is COCCS(=O)(=O)N1Cc2cc(OC)c(OC)cc2C2(CCCCC2)C1. The highest BCUT2D eigenvalue weighted by atomic mass is 32.2. The second kappa shape index (κ2) is 7.74. The van der Waals surface area contributed by atoms with E-state index in [1.165, 1.54) is 19.1 Å². The van der Waals surface area contributed by atoms with Crippen LogP contribution < -0.4 is 9.47 Å². The Hall–Kier alpha value is -1.31. The van der Waals surface area contributed by atoms with Crippen molar-refractivity contribution in [2.45, 2.75) is 44.1 Å². The van der Waals surface area contributed by atoms with Crippen molar-refractivity contribution in [1.29, 1.82) is 0 Å². The maximum atomic E-state index is 12.8. The van der Waals surface area contributed by atoms with Crippen LogP contribution in [-0.4, -0.2) is 53.0 Å². The summed E-state index contributed by atoms with van der Waals surface area (Å²) in [6.45, 7) is 1.13. The van der Waals surface area contributed by atoms with Gasteiger partial charge in [-0.2, -0.15) is 4.31 Å². The Morgan fingerprint density at radius 3 is 2.31 bits per heavy atom. The topological polar surface area (TPSA) is 65.1 Å². The molecule has 0 unspecified atom stereocenters. The number of sulfonamides is 1. The number of nitrogens with zero attached hydrogens (tertiary/aromatic N) is 1. The maximum Gasteiger partial charge on any atom is 0.216 e. The number of ether oxygens (including phenoxy) is 3. The molecule has 1 aliphatic carbocycles. The Morgan fingerprint density at radius 2 is 1.69 bits per heavy atom. The molecule has 7 heteroatoms. The minimum atomic E-state index is -3.36. The maximum absolute atomic E-state index is 12.8. The van der Waals surface area contributed by atoms with E-state index in [1.807, 2.05) is 6.07 Å². The summed E-state index contributed by atoms with van der Waals surface area (Å²) < 4.78 is 43.3. The van der Waals surface area contributed by atoms with Gasteiger partial charge in [0.1, 0.15) is 0 Å². The lowest BCUT2D eigenvalue weighted by molar-refractivity contribution is 0.197. The molecule has 0 radical (unpaired) electrons. The second-order valence-electron chi connectivity index (χ2n) is 7.28. The highest BCUT2D eigenvalue weighted by Gasteiger charge is 2.44. The highest BCUT2D eigenvalue weighted by molar-refractivity contribution is 7.89. The van der Waals surface area contributed by atoms with E-state index in [0.717, 1.165) is 31.2 Å². The van der Waals surface area contributed by atoms with Crippen molar-refractivity contribution < 1.29 is 22.6 Å². The molecule has 0 saturated heterocycles. The summed E-state index contributed by atoms with van der Waals surface area (Å²) in [4.78, 5) is 0. The van der Waals surface area contributed by atoms with Gasteiger partial charge in [-0.05, 0) is 36.1 Å². The fourth-order valence-corrected chi connectivity index (χ4v) is 5.80. The van der Waals surface area contributed by atoms with Crippen molar-refractivity contribution in [2.75, 3.05) is 40.2 Å². The van der Waals surface area contributed by atoms with E-state index < -0.39 is 10.0 Å². The Balaban J connectivity index is 2.05. The molecule has 0 amide bonds. The van der Waals surface area contributed by atoms with Crippen LogP contribution in [0.3, 0.4) is 0 Å². The van der Waals surface area contributed by atoms with Gasteiger partial charge in [0, 0.05) is 25.6 Å². The van der Waals surface area contributed by atoms with Crippen LogP contribution in [0.15, 0.2) is 12.1 Å². The summed E-state index contributed by atoms with van der Waals surface area (Å²) in [5.74, 6) is 1.38. The smallest absolute Gasteiger partial charge is 0.216 e. The van der Waals surface area contributed by atoms with Crippen LogP contribution in [0.25, 0.3) is 0 Å². The zero-order valence-corrected chi connectivity index (χ0v) is 16.7. The molecule has 0 aromatic heterocycles. The third kappa shape index (κ3) is 3.57. The Labute approximate surface area is 156 Å². The molecule has 1 heterocycles. The van der Waals surface area contributed by atoms with Gasteiger partial charge in [0.2, 0.25) is 10.0 Å². The molecule has 0 atom stereocenters. The van der Waals surface area contributed by atoms with E-state index in [1.54, 1.807) is 18.5 Å². The first-order chi connectivity index (χ1) is 12.5. The summed E-state index contributed by atoms with van der Waals surface area (Å²) >= 11 is 0. The number of benzene rings is 1. The Morgan fingerprint density at radius 1 is 1.04 bits per heavy atom. The number of methoxy groups -OCH3 is 3. The third-order valence-electron chi connectivity index (χ3n) is 5.76. The van der Waals surface area contributed by atoms with Crippen LogP contribution in [-0.2, 0) is 26.7 Å². The zero-order chi connectivity index (χ0) is 18.8. The molecule has 0 bridgehead atoms. The van der Waals surface area contributed by atoms with Crippen LogP contribution in [0.2, 0.25) is 0 Å². The average molecular weight is 384 g/mol. The van der Waals surface area contributed by atoms with Crippen molar-refractivity contribution in [2.24, 2.45) is 0 Å². The number of fused-ring (bicyclic) bond motifs is 2. The molecule has 26 heavy (non-hydrogen) atoms. The van der Waals surface area contributed by atoms with Crippen LogP contribution in [0.5, 0.6) is 11.5 Å². The molecule has 1 aromatic rings. The molecule has 3 rings (SSSR count). The number of hydrogen-bond donors (Lipinski definition) is 0. The fraction of sp³-hybridized carbons (Fsp3) is 0.684. The Kier molecular flexibility index (Phi) is 5.79. The molecule has 1 spiro atoms. The summed E-state index contributed by atoms with van der Waals surface area (Å²) in [5, 5.41) is 0. The van der Waals surface area contributed by atoms with Gasteiger partial charge in [-0.1, -0.05) is 19.3 Å². The van der Waals surface area contributed by atoms with Gasteiger partial charge in [0.05, 0.1) is 26.6 Å². The largest absolute Gasteiger partial charge is 0.493 e. The molecule has 6 nitrogen and oxygen atoms in total. The van der Waals surface area contributed by atoms with Crippen molar-refractivity contribution in [1.82, 2.24) is 4.31 Å². The first kappa shape index (κ1) is 19.5. The molecule has 1 aromatic carbocycles. The van der Waals surface area contributed by atoms with E-state index in [0.29, 0.717) is 24.6 Å². The molecule has 1 saturated carbocycles. The van der Waals surface area contributed by atoms with E-state index in [4.69, 9.17) is 14.2 Å². The summed E-state index contributed by atoms with van der Waals surface area (Å²) in [5.41, 5.74) is 2.12. The van der Waals surface area contributed by atoms with Crippen molar-refractivity contribution >= 4 is 10.0 Å². The minimum absolute atomic E-state index is 0.0161. The van der Waals surface area contributed by atoms with Gasteiger partial charge in [0.15, 0.2) is 11.5 Å². The molecule has 0 N–H and O–H groups in total. The molecule has 146 valence electrons. The average Bonchev–Trinajstić information content (AvgIpc) is 2.66. The van der Waals surface area contributed by atoms with Crippen LogP contribution in [0.1, 0.15) is 43.2 Å². The van der Waals surface area contributed by atoms with E-state index in [9.17, 15) is 8.42 Å². The first-order valence-corrected chi connectivity index (χ1v) is 10.8. The predicted octanol–water partition coefficient (Wildman–Crippen LogP) is 2.70. The minimum Gasteiger partial charge on any atom is -0.493 e. The van der Waals surface area contributed by atoms with Crippen LogP contribution in [0.4, 0.5) is 0 Å². The second-order valence-corrected chi connectivity index (χ2v) is 9.37. The van der Waals surface area contributed by atoms with Gasteiger partial charge < -0.3 is 14.2 Å². The van der Waals surface area contributed by atoms with E-state index in [2.05, 4.69) is 6.07 Å². The number of hydrogen-bond acceptors (Lipinski definition) is 5. The Bertz CT molecular complexity index is 741. The lowest BCUT2D eigenvalue weighted by Gasteiger charge is -2.46. The van der Waals surface area contributed by atoms with E-state index >= 15 is 0 Å². The monoisotopic (exact) mass is 383 g/mol. The van der Waals surface area contributed by atoms with Gasteiger partial charge in [0.25, 0.3) is 0 Å². The fourth-order valence-electron chi connectivity index (χ4n) is 4.38. The normalized spacial score (nSPS) is 20.0. The van der Waals surface area contributed by atoms with Gasteiger partial charge in [-0.15, -0.1) is 0 Å². The lowest BCUT2D eigenvalue weighted by atomic mass is 9.66. The standard InChI is InChI=1S/C19H29NO5S/c1-23-9-10-26(21,22)20-13-15-11-17(24-2)18(25-3)12-16(15)19(14-20)7-5-4-6-8-19/h11-12H,4-10,13-14H2,1-3H3. The van der Waals surface area contributed by atoms with E-state index in [-0.39, 0.29) is 17.8 Å². The molecular formula is C19H29NO5S. The summed E-state index contributed by atoms with van der Waals surface area (Å²) in [7, 11) is 1.41. The van der Waals surface area contributed by atoms with Gasteiger partial charge in [-0.3, -0.25) is 0 Å². The molecule has 1 fully saturated rings. The summed E-state index contributed by atoms with van der Waals surface area (Å²) in [6, 6.07) is 4.02. The van der Waals surface area contributed by atoms with Crippen LogP contribution >= 0.6 is 0 Å². The van der Waals surface area contributed by atoms with Crippen LogP contribution in [0, 0.1) is 0 Å². The van der Waals surface area contributed by atoms with Gasteiger partial charge >= 0.3 is 0 Å². The molecular weight excluding hydrogens is 354 g/mol. The predicted molar refractivity (Wildman–Crippen MR) is 100 cm³/mol. The molecule has 1 aliphatic heterocycles. The zero-order valence-electron chi connectivity index (χ0n) is 15.9. The first-order valence-electron chi connectivity index (χ1n) is 9.18. The lowest BCUT2D eigenvalue weighted by Crippen LogP contribution is -2.49. The van der Waals surface area contributed by atoms with Crippen molar-refractivity contribution in [3.8, 4) is 11.5 Å². The number of rotatable bonds is 6. The third-order valence-corrected chi connectivity index (χ3v) is 7.48.